The van der Waals surface area contributed by atoms with Gasteiger partial charge in [-0.3, -0.25) is 9.59 Å². The molecule has 2 aromatic rings. The van der Waals surface area contributed by atoms with Crippen LogP contribution in [0.5, 0.6) is 0 Å². The molecule has 3 rings (SSSR count). The minimum atomic E-state index is -0.443. The second-order valence-corrected chi connectivity index (χ2v) is 6.74. The molecule has 0 saturated carbocycles. The van der Waals surface area contributed by atoms with Gasteiger partial charge in [0.25, 0.3) is 0 Å². The van der Waals surface area contributed by atoms with E-state index in [4.69, 9.17) is 0 Å². The average molecular weight is 359 g/mol. The summed E-state index contributed by atoms with van der Waals surface area (Å²) in [6.45, 7) is 1.36. The largest absolute Gasteiger partial charge is 0.326 e. The molecule has 7 heteroatoms. The molecule has 1 aromatic heterocycles. The van der Waals surface area contributed by atoms with Gasteiger partial charge in [-0.05, 0) is 37.5 Å². The highest BCUT2D eigenvalue weighted by Gasteiger charge is 2.20. The number of nitrogens with one attached hydrogen (secondary N) is 2. The van der Waals surface area contributed by atoms with Gasteiger partial charge in [-0.2, -0.15) is 0 Å². The van der Waals surface area contributed by atoms with Crippen molar-refractivity contribution in [2.75, 3.05) is 10.6 Å². The lowest BCUT2D eigenvalue weighted by molar-refractivity contribution is -0.120. The van der Waals surface area contributed by atoms with Gasteiger partial charge in [0.1, 0.15) is 5.82 Å². The summed E-state index contributed by atoms with van der Waals surface area (Å²) in [6.07, 6.45) is 6.61. The van der Waals surface area contributed by atoms with E-state index >= 15 is 0 Å². The van der Waals surface area contributed by atoms with Crippen LogP contribution in [-0.2, 0) is 9.59 Å². The maximum absolute atomic E-state index is 13.5. The normalized spacial score (nSPS) is 16.5. The van der Waals surface area contributed by atoms with E-state index in [9.17, 15) is 14.0 Å². The number of rotatable bonds is 4. The summed E-state index contributed by atoms with van der Waals surface area (Å²) in [5.41, 5.74) is 1.54. The summed E-state index contributed by atoms with van der Waals surface area (Å²) in [7, 11) is 0. The van der Waals surface area contributed by atoms with Gasteiger partial charge in [0, 0.05) is 23.8 Å². The van der Waals surface area contributed by atoms with E-state index in [1.165, 1.54) is 30.4 Å². The lowest BCUT2D eigenvalue weighted by atomic mass is 9.94. The first-order chi connectivity index (χ1) is 12.0. The molecule has 130 valence electrons. The van der Waals surface area contributed by atoms with Crippen molar-refractivity contribution in [3.8, 4) is 11.3 Å². The minimum absolute atomic E-state index is 0.0295. The topological polar surface area (TPSA) is 71.1 Å². The van der Waals surface area contributed by atoms with Gasteiger partial charge in [0.05, 0.1) is 11.4 Å². The molecule has 1 heterocycles. The van der Waals surface area contributed by atoms with Crippen molar-refractivity contribution < 1.29 is 14.0 Å². The van der Waals surface area contributed by atoms with Gasteiger partial charge in [0.15, 0.2) is 5.13 Å². The molecule has 0 aliphatic heterocycles. The third kappa shape index (κ3) is 4.30. The number of halogens is 1. The lowest BCUT2D eigenvalue weighted by Gasteiger charge is -2.16. The lowest BCUT2D eigenvalue weighted by Crippen LogP contribution is -2.23. The molecule has 5 nitrogen and oxygen atoms in total. The van der Waals surface area contributed by atoms with Crippen LogP contribution in [0.25, 0.3) is 11.3 Å². The van der Waals surface area contributed by atoms with Gasteiger partial charge in [0.2, 0.25) is 11.8 Å². The summed E-state index contributed by atoms with van der Waals surface area (Å²) in [5, 5.41) is 7.72. The molecular formula is C18H18FN3O2S. The number of carbonyl (C=O) groups excluding carboxylic acids is 2. The standard InChI is InChI=1S/C18H18FN3O2S/c1-11(23)20-15-9-13(19)7-8-14(15)16-10-25-18(21-16)22-17(24)12-5-3-2-4-6-12/h2-3,7-10,12H,4-6H2,1H3,(H,20,23)(H,21,22,24)/t12-/m0/s1. The van der Waals surface area contributed by atoms with E-state index in [1.807, 2.05) is 6.08 Å². The summed E-state index contributed by atoms with van der Waals surface area (Å²) in [4.78, 5) is 28.0. The zero-order chi connectivity index (χ0) is 17.8. The quantitative estimate of drug-likeness (QED) is 0.804. The Morgan fingerprint density at radius 2 is 2.12 bits per heavy atom. The molecular weight excluding hydrogens is 341 g/mol. The third-order valence-electron chi connectivity index (χ3n) is 3.94. The van der Waals surface area contributed by atoms with Gasteiger partial charge >= 0.3 is 0 Å². The van der Waals surface area contributed by atoms with E-state index in [2.05, 4.69) is 21.7 Å². The molecule has 0 bridgehead atoms. The SMILES string of the molecule is CC(=O)Nc1cc(F)ccc1-c1csc(NC(=O)[C@H]2CC=CCC2)n1. The molecule has 0 radical (unpaired) electrons. The van der Waals surface area contributed by atoms with Gasteiger partial charge < -0.3 is 10.6 Å². The number of thiazole rings is 1. The Hall–Kier alpha value is -2.54. The molecule has 1 aromatic carbocycles. The Kier molecular flexibility index (Phi) is 5.23. The fraction of sp³-hybridized carbons (Fsp3) is 0.278. The molecule has 0 fully saturated rings. The maximum atomic E-state index is 13.5. The molecule has 0 saturated heterocycles. The number of allylic oxidation sites excluding steroid dienone is 2. The predicted molar refractivity (Wildman–Crippen MR) is 96.9 cm³/mol. The summed E-state index contributed by atoms with van der Waals surface area (Å²) in [5.74, 6) is -0.799. The Morgan fingerprint density at radius 3 is 2.84 bits per heavy atom. The van der Waals surface area contributed by atoms with E-state index in [0.717, 1.165) is 19.3 Å². The number of anilines is 2. The van der Waals surface area contributed by atoms with Gasteiger partial charge in [-0.15, -0.1) is 11.3 Å². The third-order valence-corrected chi connectivity index (χ3v) is 4.70. The maximum Gasteiger partial charge on any atom is 0.229 e. The Morgan fingerprint density at radius 1 is 1.28 bits per heavy atom. The van der Waals surface area contributed by atoms with E-state index in [0.29, 0.717) is 22.1 Å². The van der Waals surface area contributed by atoms with E-state index in [-0.39, 0.29) is 17.7 Å². The molecule has 2 N–H and O–H groups in total. The zero-order valence-corrected chi connectivity index (χ0v) is 14.5. The summed E-state index contributed by atoms with van der Waals surface area (Å²) in [6, 6.07) is 4.13. The summed E-state index contributed by atoms with van der Waals surface area (Å²) < 4.78 is 13.5. The van der Waals surface area contributed by atoms with Crippen molar-refractivity contribution in [3.05, 3.63) is 41.5 Å². The highest BCUT2D eigenvalue weighted by molar-refractivity contribution is 7.14. The van der Waals surface area contributed by atoms with Crippen LogP contribution in [0, 0.1) is 11.7 Å². The number of nitrogens with zero attached hydrogens (tertiary/aromatic N) is 1. The van der Waals surface area contributed by atoms with Crippen molar-refractivity contribution >= 4 is 34.0 Å². The van der Waals surface area contributed by atoms with Crippen LogP contribution in [0.2, 0.25) is 0 Å². The number of benzene rings is 1. The fourth-order valence-corrected chi connectivity index (χ4v) is 3.44. The van der Waals surface area contributed by atoms with Crippen molar-refractivity contribution in [2.24, 2.45) is 5.92 Å². The number of hydrogen-bond acceptors (Lipinski definition) is 4. The van der Waals surface area contributed by atoms with Crippen molar-refractivity contribution in [1.29, 1.82) is 0 Å². The second kappa shape index (κ2) is 7.57. The van der Waals surface area contributed by atoms with E-state index in [1.54, 1.807) is 11.4 Å². The molecule has 1 atom stereocenters. The molecule has 25 heavy (non-hydrogen) atoms. The zero-order valence-electron chi connectivity index (χ0n) is 13.7. The average Bonchev–Trinajstić information content (AvgIpc) is 3.03. The first kappa shape index (κ1) is 17.3. The van der Waals surface area contributed by atoms with Crippen LogP contribution < -0.4 is 10.6 Å². The van der Waals surface area contributed by atoms with Crippen molar-refractivity contribution in [2.45, 2.75) is 26.2 Å². The van der Waals surface area contributed by atoms with Crippen LogP contribution in [0.4, 0.5) is 15.2 Å². The number of carbonyl (C=O) groups is 2. The summed E-state index contributed by atoms with van der Waals surface area (Å²) >= 11 is 1.30. The molecule has 1 aliphatic carbocycles. The van der Waals surface area contributed by atoms with Crippen LogP contribution in [0.1, 0.15) is 26.2 Å². The first-order valence-corrected chi connectivity index (χ1v) is 8.90. The molecule has 1 aliphatic rings. The number of hydrogen-bond donors (Lipinski definition) is 2. The fourth-order valence-electron chi connectivity index (χ4n) is 2.73. The van der Waals surface area contributed by atoms with Crippen LogP contribution in [-0.4, -0.2) is 16.8 Å². The Balaban J connectivity index is 1.78. The second-order valence-electron chi connectivity index (χ2n) is 5.88. The molecule has 0 unspecified atom stereocenters. The van der Waals surface area contributed by atoms with Crippen LogP contribution in [0.3, 0.4) is 0 Å². The van der Waals surface area contributed by atoms with Gasteiger partial charge in [-0.25, -0.2) is 9.37 Å². The molecule has 2 amide bonds. The minimum Gasteiger partial charge on any atom is -0.326 e. The Labute approximate surface area is 149 Å². The smallest absolute Gasteiger partial charge is 0.229 e. The molecule has 0 spiro atoms. The highest BCUT2D eigenvalue weighted by atomic mass is 32.1. The Bertz CT molecular complexity index is 831. The van der Waals surface area contributed by atoms with Crippen LogP contribution in [0.15, 0.2) is 35.7 Å². The highest BCUT2D eigenvalue weighted by Crippen LogP contribution is 2.32. The number of aromatic nitrogens is 1. The van der Waals surface area contributed by atoms with Crippen molar-refractivity contribution in [3.63, 3.8) is 0 Å². The predicted octanol–water partition coefficient (Wildman–Crippen LogP) is 4.20. The van der Waals surface area contributed by atoms with Gasteiger partial charge in [-0.1, -0.05) is 12.2 Å². The van der Waals surface area contributed by atoms with Crippen LogP contribution >= 0.6 is 11.3 Å². The number of amides is 2. The monoisotopic (exact) mass is 359 g/mol. The van der Waals surface area contributed by atoms with E-state index < -0.39 is 5.82 Å². The van der Waals surface area contributed by atoms with Crippen molar-refractivity contribution in [1.82, 2.24) is 4.98 Å². The first-order valence-electron chi connectivity index (χ1n) is 8.02.